The standard InChI is InChI=1S/C21H40N4O2/c1-22-21(23-10-5-4-8-18-6-2-3-7-18)24-16-20(19-9-13-27-17-19)25-11-14-26-15-12-25/h18-20H,2-17H2,1H3,(H2,22,23,24). The van der Waals surface area contributed by atoms with Crippen molar-refractivity contribution in [3.05, 3.63) is 0 Å². The van der Waals surface area contributed by atoms with Gasteiger partial charge in [-0.2, -0.15) is 0 Å². The number of hydrogen-bond donors (Lipinski definition) is 2. The van der Waals surface area contributed by atoms with Crippen LogP contribution < -0.4 is 10.6 Å². The van der Waals surface area contributed by atoms with E-state index < -0.39 is 0 Å². The molecule has 6 heteroatoms. The number of hydrogen-bond acceptors (Lipinski definition) is 4. The molecular weight excluding hydrogens is 340 g/mol. The second-order valence-electron chi connectivity index (χ2n) is 8.37. The zero-order valence-corrected chi connectivity index (χ0v) is 17.3. The molecule has 2 heterocycles. The molecule has 0 aromatic carbocycles. The lowest BCUT2D eigenvalue weighted by atomic mass is 9.97. The van der Waals surface area contributed by atoms with Crippen LogP contribution in [0.15, 0.2) is 4.99 Å². The van der Waals surface area contributed by atoms with Crippen molar-refractivity contribution >= 4 is 5.96 Å². The zero-order chi connectivity index (χ0) is 18.7. The Morgan fingerprint density at radius 3 is 2.56 bits per heavy atom. The summed E-state index contributed by atoms with van der Waals surface area (Å²) in [4.78, 5) is 7.00. The van der Waals surface area contributed by atoms with Crippen molar-refractivity contribution in [3.63, 3.8) is 0 Å². The highest BCUT2D eigenvalue weighted by Crippen LogP contribution is 2.28. The minimum absolute atomic E-state index is 0.498. The Labute approximate surface area is 165 Å². The van der Waals surface area contributed by atoms with Crippen molar-refractivity contribution in [1.82, 2.24) is 15.5 Å². The minimum atomic E-state index is 0.498. The molecule has 0 bridgehead atoms. The van der Waals surface area contributed by atoms with Crippen LogP contribution >= 0.6 is 0 Å². The lowest BCUT2D eigenvalue weighted by Crippen LogP contribution is -2.53. The maximum Gasteiger partial charge on any atom is 0.191 e. The number of nitrogens with zero attached hydrogens (tertiary/aromatic N) is 2. The van der Waals surface area contributed by atoms with E-state index in [1.54, 1.807) is 0 Å². The average Bonchev–Trinajstić information content (AvgIpc) is 3.41. The molecule has 2 N–H and O–H groups in total. The van der Waals surface area contributed by atoms with Crippen molar-refractivity contribution < 1.29 is 9.47 Å². The molecule has 1 saturated carbocycles. The predicted molar refractivity (Wildman–Crippen MR) is 110 cm³/mol. The van der Waals surface area contributed by atoms with Gasteiger partial charge in [0.25, 0.3) is 0 Å². The third kappa shape index (κ3) is 6.91. The van der Waals surface area contributed by atoms with Crippen LogP contribution in [0.5, 0.6) is 0 Å². The molecule has 0 radical (unpaired) electrons. The van der Waals surface area contributed by atoms with Gasteiger partial charge in [-0.25, -0.2) is 0 Å². The van der Waals surface area contributed by atoms with Crippen LogP contribution in [0.25, 0.3) is 0 Å². The maximum absolute atomic E-state index is 5.66. The lowest BCUT2D eigenvalue weighted by Gasteiger charge is -2.37. The summed E-state index contributed by atoms with van der Waals surface area (Å²) in [6.45, 7) is 7.47. The molecule has 3 aliphatic rings. The summed E-state index contributed by atoms with van der Waals surface area (Å²) >= 11 is 0. The maximum atomic E-state index is 5.66. The molecule has 0 aromatic rings. The largest absolute Gasteiger partial charge is 0.381 e. The van der Waals surface area contributed by atoms with Crippen LogP contribution in [0.1, 0.15) is 51.4 Å². The van der Waals surface area contributed by atoms with E-state index in [0.717, 1.165) is 70.9 Å². The molecule has 2 saturated heterocycles. The second kappa shape index (κ2) is 11.9. The van der Waals surface area contributed by atoms with Gasteiger partial charge in [0.15, 0.2) is 5.96 Å². The Morgan fingerprint density at radius 2 is 1.85 bits per heavy atom. The highest BCUT2D eigenvalue weighted by molar-refractivity contribution is 5.79. The topological polar surface area (TPSA) is 58.1 Å². The molecule has 2 unspecified atom stereocenters. The van der Waals surface area contributed by atoms with Crippen LogP contribution in [0, 0.1) is 11.8 Å². The molecule has 0 aromatic heterocycles. The number of ether oxygens (including phenoxy) is 2. The van der Waals surface area contributed by atoms with Gasteiger partial charge < -0.3 is 20.1 Å². The van der Waals surface area contributed by atoms with Crippen molar-refractivity contribution in [2.45, 2.75) is 57.4 Å². The van der Waals surface area contributed by atoms with Crippen LogP contribution in [0.2, 0.25) is 0 Å². The SMILES string of the molecule is CN=C(NCCCCC1CCCC1)NCC(C1CCOC1)N1CCOCC1. The number of rotatable bonds is 9. The van der Waals surface area contributed by atoms with Gasteiger partial charge in [-0.05, 0) is 18.8 Å². The Kier molecular flexibility index (Phi) is 9.18. The number of nitrogens with one attached hydrogen (secondary N) is 2. The number of unbranched alkanes of at least 4 members (excludes halogenated alkanes) is 1. The first-order chi connectivity index (χ1) is 13.4. The monoisotopic (exact) mass is 380 g/mol. The Hall–Kier alpha value is -0.850. The first-order valence-corrected chi connectivity index (χ1v) is 11.2. The van der Waals surface area contributed by atoms with Crippen molar-refractivity contribution in [2.75, 3.05) is 59.7 Å². The van der Waals surface area contributed by atoms with Gasteiger partial charge in [-0.3, -0.25) is 9.89 Å². The number of morpholine rings is 1. The number of aliphatic imine (C=N–C) groups is 1. The van der Waals surface area contributed by atoms with E-state index in [1.165, 1.54) is 44.9 Å². The fourth-order valence-electron chi connectivity index (χ4n) is 4.84. The Balaban J connectivity index is 1.36. The first-order valence-electron chi connectivity index (χ1n) is 11.2. The molecule has 6 nitrogen and oxygen atoms in total. The van der Waals surface area contributed by atoms with Gasteiger partial charge in [0.05, 0.1) is 19.8 Å². The highest BCUT2D eigenvalue weighted by atomic mass is 16.5. The molecule has 156 valence electrons. The van der Waals surface area contributed by atoms with Crippen LogP contribution in [-0.4, -0.2) is 76.6 Å². The molecular formula is C21H40N4O2. The molecule has 3 rings (SSSR count). The molecule has 0 amide bonds. The summed E-state index contributed by atoms with van der Waals surface area (Å²) in [5.74, 6) is 2.55. The zero-order valence-electron chi connectivity index (χ0n) is 17.3. The van der Waals surface area contributed by atoms with E-state index in [4.69, 9.17) is 9.47 Å². The van der Waals surface area contributed by atoms with Gasteiger partial charge in [0.1, 0.15) is 0 Å². The second-order valence-corrected chi connectivity index (χ2v) is 8.37. The van der Waals surface area contributed by atoms with Gasteiger partial charge in [0.2, 0.25) is 0 Å². The third-order valence-corrected chi connectivity index (χ3v) is 6.53. The Morgan fingerprint density at radius 1 is 1.04 bits per heavy atom. The Bertz CT molecular complexity index is 428. The van der Waals surface area contributed by atoms with E-state index in [0.29, 0.717) is 12.0 Å². The summed E-state index contributed by atoms with van der Waals surface area (Å²) < 4.78 is 11.2. The van der Waals surface area contributed by atoms with Gasteiger partial charge in [0, 0.05) is 51.8 Å². The van der Waals surface area contributed by atoms with Gasteiger partial charge in [-0.15, -0.1) is 0 Å². The van der Waals surface area contributed by atoms with E-state index in [-0.39, 0.29) is 0 Å². The van der Waals surface area contributed by atoms with Crippen LogP contribution in [0.3, 0.4) is 0 Å². The molecule has 27 heavy (non-hydrogen) atoms. The quantitative estimate of drug-likeness (QED) is 0.365. The van der Waals surface area contributed by atoms with E-state index >= 15 is 0 Å². The van der Waals surface area contributed by atoms with Crippen molar-refractivity contribution in [3.8, 4) is 0 Å². The molecule has 1 aliphatic carbocycles. The summed E-state index contributed by atoms with van der Waals surface area (Å²) in [5.41, 5.74) is 0. The predicted octanol–water partition coefficient (Wildman–Crippen LogP) is 2.25. The summed E-state index contributed by atoms with van der Waals surface area (Å²) in [6.07, 6.45) is 11.0. The van der Waals surface area contributed by atoms with E-state index in [2.05, 4.69) is 20.5 Å². The van der Waals surface area contributed by atoms with Gasteiger partial charge >= 0.3 is 0 Å². The summed E-state index contributed by atoms with van der Waals surface area (Å²) in [5, 5.41) is 7.08. The first kappa shape index (κ1) is 20.9. The fourth-order valence-corrected chi connectivity index (χ4v) is 4.84. The molecule has 3 fully saturated rings. The molecule has 2 aliphatic heterocycles. The lowest BCUT2D eigenvalue weighted by molar-refractivity contribution is 0.00247. The van der Waals surface area contributed by atoms with Gasteiger partial charge in [-0.1, -0.05) is 38.5 Å². The third-order valence-electron chi connectivity index (χ3n) is 6.53. The fraction of sp³-hybridized carbons (Fsp3) is 0.952. The van der Waals surface area contributed by atoms with Crippen molar-refractivity contribution in [1.29, 1.82) is 0 Å². The van der Waals surface area contributed by atoms with Crippen LogP contribution in [0.4, 0.5) is 0 Å². The number of guanidine groups is 1. The smallest absolute Gasteiger partial charge is 0.191 e. The van der Waals surface area contributed by atoms with E-state index in [9.17, 15) is 0 Å². The van der Waals surface area contributed by atoms with Crippen LogP contribution in [-0.2, 0) is 9.47 Å². The van der Waals surface area contributed by atoms with E-state index in [1.807, 2.05) is 7.05 Å². The van der Waals surface area contributed by atoms with Crippen molar-refractivity contribution in [2.24, 2.45) is 16.8 Å². The average molecular weight is 381 g/mol. The normalized spacial score (nSPS) is 26.4. The summed E-state index contributed by atoms with van der Waals surface area (Å²) in [7, 11) is 1.87. The molecule has 0 spiro atoms. The molecule has 2 atom stereocenters. The highest BCUT2D eigenvalue weighted by Gasteiger charge is 2.31. The summed E-state index contributed by atoms with van der Waals surface area (Å²) in [6, 6.07) is 0.498. The minimum Gasteiger partial charge on any atom is -0.381 e.